The number of aromatic nitrogens is 2. The predicted molar refractivity (Wildman–Crippen MR) is 137 cm³/mol. The molecule has 34 heavy (non-hydrogen) atoms. The third kappa shape index (κ3) is 3.29. The van der Waals surface area contributed by atoms with Gasteiger partial charge in [-0.15, -0.1) is 0 Å². The molecule has 8 unspecified atom stereocenters. The molecule has 4 aliphatic carbocycles. The topological polar surface area (TPSA) is 46.9 Å². The summed E-state index contributed by atoms with van der Waals surface area (Å²) in [4.78, 5) is 13.7. The summed E-state index contributed by atoms with van der Waals surface area (Å²) in [5, 5.41) is 8.46. The Morgan fingerprint density at radius 3 is 2.62 bits per heavy atom. The van der Waals surface area contributed by atoms with Crippen LogP contribution in [0.2, 0.25) is 0 Å². The highest BCUT2D eigenvalue weighted by atomic mass is 35.5. The van der Waals surface area contributed by atoms with Crippen LogP contribution in [0.25, 0.3) is 6.08 Å². The van der Waals surface area contributed by atoms with Crippen LogP contribution in [-0.4, -0.2) is 15.6 Å². The van der Waals surface area contributed by atoms with Crippen molar-refractivity contribution in [1.29, 1.82) is 0 Å². The maximum atomic E-state index is 13.7. The Labute approximate surface area is 210 Å². The monoisotopic (exact) mass is 483 g/mol. The molecule has 4 fully saturated rings. The third-order valence-corrected chi connectivity index (χ3v) is 12.0. The number of Topliss-reactive ketones (excluding diaryl/α,β-unsaturated/α-hetero) is 1. The molecule has 4 saturated carbocycles. The fourth-order valence-corrected chi connectivity index (χ4v) is 10.3. The zero-order valence-electron chi connectivity index (χ0n) is 21.5. The lowest BCUT2D eigenvalue weighted by atomic mass is 9.39. The Morgan fingerprint density at radius 2 is 1.79 bits per heavy atom. The van der Waals surface area contributed by atoms with Gasteiger partial charge >= 0.3 is 0 Å². The van der Waals surface area contributed by atoms with Crippen LogP contribution in [0.15, 0.2) is 11.4 Å². The van der Waals surface area contributed by atoms with Crippen LogP contribution in [0.5, 0.6) is 0 Å². The number of fused-ring (bicyclic) bond motifs is 6. The summed E-state index contributed by atoms with van der Waals surface area (Å²) in [6, 6.07) is 0. The summed E-state index contributed by atoms with van der Waals surface area (Å²) in [6.07, 6.45) is 15.8. The van der Waals surface area contributed by atoms with Crippen molar-refractivity contribution in [2.45, 2.75) is 98.6 Å². The molecule has 1 N–H and O–H groups in total. The van der Waals surface area contributed by atoms with Crippen molar-refractivity contribution in [3.05, 3.63) is 22.6 Å². The van der Waals surface area contributed by atoms with Gasteiger partial charge in [0.15, 0.2) is 5.78 Å². The maximum Gasteiger partial charge on any atom is 0.157 e. The molecule has 1 aromatic rings. The number of carbonyl (C=O) groups excluding carboxylic acids is 1. The minimum atomic E-state index is 0.144. The number of rotatable bonds is 3. The highest BCUT2D eigenvalue weighted by Gasteiger charge is 2.65. The molecule has 5 heteroatoms. The number of ketones is 1. The molecule has 0 radical (unpaired) electrons. The van der Waals surface area contributed by atoms with Crippen molar-refractivity contribution in [2.24, 2.45) is 45.8 Å². The molecule has 0 bridgehead atoms. The largest absolute Gasteiger partial charge is 0.370 e. The standard InChI is InChI=1S/C29H42ClN3O/c1-18-7-10-27(2)20(13-18)8-11-29(4)24-6-5-21(28(24,3)12-9-25(27)29)23(34)17-33-16-19-14-26(30)31-15-22(19)32-33/h14,16,18,20-21,24-25,31H,5-13,15,17H2,1-4H3. The van der Waals surface area contributed by atoms with Crippen LogP contribution >= 0.6 is 11.6 Å². The number of nitrogens with one attached hydrogen (secondary N) is 1. The molecule has 4 nitrogen and oxygen atoms in total. The van der Waals surface area contributed by atoms with E-state index in [0.717, 1.165) is 35.4 Å². The second-order valence-electron chi connectivity index (χ2n) is 13.4. The van der Waals surface area contributed by atoms with Gasteiger partial charge < -0.3 is 5.32 Å². The Bertz CT molecular complexity index is 1030. The van der Waals surface area contributed by atoms with Crippen LogP contribution in [0.4, 0.5) is 0 Å². The molecule has 8 atom stereocenters. The van der Waals surface area contributed by atoms with E-state index in [1.165, 1.54) is 51.4 Å². The fourth-order valence-electron chi connectivity index (χ4n) is 10.1. The summed E-state index contributed by atoms with van der Waals surface area (Å²) in [5.41, 5.74) is 3.07. The van der Waals surface area contributed by atoms with E-state index >= 15 is 0 Å². The Morgan fingerprint density at radius 1 is 1.06 bits per heavy atom. The Hall–Kier alpha value is -1.29. The first-order valence-electron chi connectivity index (χ1n) is 13.8. The quantitative estimate of drug-likeness (QED) is 0.482. The molecule has 0 amide bonds. The number of halogens is 1. The summed E-state index contributed by atoms with van der Waals surface area (Å²) in [5.74, 6) is 3.90. The van der Waals surface area contributed by atoms with E-state index in [2.05, 4.69) is 33.0 Å². The SMILES string of the molecule is CC1CCC2(C)C(CCC3(C)C2CCC2(C)C(C(=O)Cn4cc5c(n4)CNC(Cl)=C5)CCC23)C1. The highest BCUT2D eigenvalue weighted by molar-refractivity contribution is 6.31. The molecule has 6 rings (SSSR count). The number of carbonyl (C=O) groups is 1. The lowest BCUT2D eigenvalue weighted by molar-refractivity contribution is -0.170. The van der Waals surface area contributed by atoms with E-state index < -0.39 is 0 Å². The van der Waals surface area contributed by atoms with E-state index in [0.29, 0.717) is 40.8 Å². The summed E-state index contributed by atoms with van der Waals surface area (Å²) in [6.45, 7) is 11.3. The average molecular weight is 484 g/mol. The molecule has 0 saturated heterocycles. The second kappa shape index (κ2) is 7.85. The second-order valence-corrected chi connectivity index (χ2v) is 13.9. The van der Waals surface area contributed by atoms with Crippen molar-refractivity contribution in [1.82, 2.24) is 15.1 Å². The molecule has 5 aliphatic rings. The maximum absolute atomic E-state index is 13.7. The fraction of sp³-hybridized carbons (Fsp3) is 0.793. The minimum Gasteiger partial charge on any atom is -0.370 e. The summed E-state index contributed by atoms with van der Waals surface area (Å²) in [7, 11) is 0. The van der Waals surface area contributed by atoms with Gasteiger partial charge in [0.1, 0.15) is 5.16 Å². The zero-order valence-corrected chi connectivity index (χ0v) is 22.3. The molecule has 1 aromatic heterocycles. The number of nitrogens with zero attached hydrogens (tertiary/aromatic N) is 2. The summed E-state index contributed by atoms with van der Waals surface area (Å²) < 4.78 is 1.86. The van der Waals surface area contributed by atoms with Gasteiger partial charge in [0.05, 0.1) is 18.8 Å². The minimum absolute atomic E-state index is 0.144. The highest BCUT2D eigenvalue weighted by Crippen LogP contribution is 2.72. The van der Waals surface area contributed by atoms with Crippen molar-refractivity contribution >= 4 is 23.5 Å². The van der Waals surface area contributed by atoms with E-state index in [9.17, 15) is 4.79 Å². The predicted octanol–water partition coefficient (Wildman–Crippen LogP) is 6.78. The van der Waals surface area contributed by atoms with Crippen molar-refractivity contribution in [3.63, 3.8) is 0 Å². The van der Waals surface area contributed by atoms with E-state index in [4.69, 9.17) is 16.7 Å². The molecule has 0 spiro atoms. The van der Waals surface area contributed by atoms with Gasteiger partial charge in [-0.25, -0.2) is 0 Å². The van der Waals surface area contributed by atoms with Gasteiger partial charge in [-0.1, -0.05) is 45.7 Å². The first kappa shape index (κ1) is 23.1. The molecular formula is C29H42ClN3O. The van der Waals surface area contributed by atoms with Crippen LogP contribution in [0.3, 0.4) is 0 Å². The molecule has 1 aliphatic heterocycles. The zero-order chi connectivity index (χ0) is 23.9. The van der Waals surface area contributed by atoms with Gasteiger partial charge in [-0.2, -0.15) is 5.10 Å². The van der Waals surface area contributed by atoms with E-state index in [1.807, 2.05) is 17.0 Å². The van der Waals surface area contributed by atoms with Gasteiger partial charge in [0.2, 0.25) is 0 Å². The average Bonchev–Trinajstić information content (AvgIpc) is 3.34. The van der Waals surface area contributed by atoms with Crippen LogP contribution in [0, 0.1) is 45.8 Å². The normalized spacial score (nSPS) is 45.3. The van der Waals surface area contributed by atoms with Gasteiger partial charge in [0.25, 0.3) is 0 Å². The molecule has 186 valence electrons. The van der Waals surface area contributed by atoms with Crippen LogP contribution in [-0.2, 0) is 17.9 Å². The molecule has 2 heterocycles. The van der Waals surface area contributed by atoms with Gasteiger partial charge in [-0.3, -0.25) is 9.48 Å². The van der Waals surface area contributed by atoms with Gasteiger partial charge in [0, 0.05) is 17.7 Å². The Balaban J connectivity index is 1.22. The van der Waals surface area contributed by atoms with Crippen molar-refractivity contribution in [2.75, 3.05) is 0 Å². The lowest BCUT2D eigenvalue weighted by Crippen LogP contribution is -2.58. The van der Waals surface area contributed by atoms with E-state index in [1.54, 1.807) is 0 Å². The number of hydrogen-bond donors (Lipinski definition) is 1. The third-order valence-electron chi connectivity index (χ3n) is 11.8. The molecule has 0 aromatic carbocycles. The van der Waals surface area contributed by atoms with Crippen molar-refractivity contribution in [3.8, 4) is 0 Å². The van der Waals surface area contributed by atoms with Crippen molar-refractivity contribution < 1.29 is 4.79 Å². The van der Waals surface area contributed by atoms with Crippen LogP contribution < -0.4 is 5.32 Å². The summed E-state index contributed by atoms with van der Waals surface area (Å²) >= 11 is 6.13. The number of hydrogen-bond acceptors (Lipinski definition) is 3. The van der Waals surface area contributed by atoms with E-state index in [-0.39, 0.29) is 11.3 Å². The molecular weight excluding hydrogens is 442 g/mol. The Kier molecular flexibility index (Phi) is 5.34. The smallest absolute Gasteiger partial charge is 0.157 e. The lowest BCUT2D eigenvalue weighted by Gasteiger charge is -2.66. The van der Waals surface area contributed by atoms with Crippen LogP contribution in [0.1, 0.15) is 96.7 Å². The van der Waals surface area contributed by atoms with Gasteiger partial charge in [-0.05, 0) is 97.4 Å². The first-order chi connectivity index (χ1) is 16.1. The first-order valence-corrected chi connectivity index (χ1v) is 14.2.